The van der Waals surface area contributed by atoms with Crippen LogP contribution in [0.15, 0.2) is 103 Å². The van der Waals surface area contributed by atoms with E-state index in [1.54, 1.807) is 7.11 Å². The van der Waals surface area contributed by atoms with Crippen molar-refractivity contribution in [2.45, 2.75) is 25.0 Å². The monoisotopic (exact) mass is 581 g/mol. The largest absolute Gasteiger partial charge is 0.497 e. The van der Waals surface area contributed by atoms with Crippen LogP contribution in [0.3, 0.4) is 0 Å². The van der Waals surface area contributed by atoms with Crippen molar-refractivity contribution < 1.29 is 18.9 Å². The Balaban J connectivity index is 1.34. The molecule has 1 saturated heterocycles. The lowest BCUT2D eigenvalue weighted by Crippen LogP contribution is -2.37. The van der Waals surface area contributed by atoms with E-state index in [1.807, 2.05) is 12.1 Å². The van der Waals surface area contributed by atoms with Crippen LogP contribution in [0.2, 0.25) is 0 Å². The number of rotatable bonds is 4. The van der Waals surface area contributed by atoms with Crippen molar-refractivity contribution >= 4 is 22.5 Å². The normalized spacial score (nSPS) is 19.8. The summed E-state index contributed by atoms with van der Waals surface area (Å²) in [7, 11) is 1.69. The van der Waals surface area contributed by atoms with Crippen LogP contribution in [-0.2, 0) is 15.9 Å². The number of benzene rings is 5. The minimum atomic E-state index is -0.859. The van der Waals surface area contributed by atoms with Gasteiger partial charge < -0.3 is 23.8 Å². The van der Waals surface area contributed by atoms with Crippen molar-refractivity contribution in [2.24, 2.45) is 0 Å². The number of morpholine rings is 1. The number of fused-ring (bicyclic) bond motifs is 8. The average molecular weight is 582 g/mol. The Morgan fingerprint density at radius 2 is 1.36 bits per heavy atom. The summed E-state index contributed by atoms with van der Waals surface area (Å²) in [4.78, 5) is 2.37. The summed E-state index contributed by atoms with van der Waals surface area (Å²) in [6.45, 7) is 7.57. The first-order valence-electron chi connectivity index (χ1n) is 15.3. The molecule has 5 heteroatoms. The summed E-state index contributed by atoms with van der Waals surface area (Å²) in [5, 5.41) is 2.18. The van der Waals surface area contributed by atoms with Gasteiger partial charge in [0.05, 0.1) is 25.9 Å². The van der Waals surface area contributed by atoms with Crippen LogP contribution in [0.5, 0.6) is 17.2 Å². The lowest BCUT2D eigenvalue weighted by atomic mass is 9.80. The SMILES string of the molecule is COc1ccc(C2(c3ccc(N4CCOCC4)cc3)C=Cc3c4c(c5ccccc5c3O2)-c2ccccc2C(C)(C)O4)cc1. The molecule has 3 heterocycles. The Morgan fingerprint density at radius 1 is 0.705 bits per heavy atom. The highest BCUT2D eigenvalue weighted by Gasteiger charge is 2.42. The van der Waals surface area contributed by atoms with Gasteiger partial charge in [-0.2, -0.15) is 0 Å². The second-order valence-corrected chi connectivity index (χ2v) is 12.2. The topological polar surface area (TPSA) is 40.2 Å². The minimum Gasteiger partial charge on any atom is -0.497 e. The molecule has 1 fully saturated rings. The number of nitrogens with zero attached hydrogens (tertiary/aromatic N) is 1. The maximum atomic E-state index is 7.34. The van der Waals surface area contributed by atoms with Gasteiger partial charge in [-0.15, -0.1) is 0 Å². The zero-order valence-corrected chi connectivity index (χ0v) is 25.3. The van der Waals surface area contributed by atoms with Gasteiger partial charge in [-0.3, -0.25) is 0 Å². The smallest absolute Gasteiger partial charge is 0.178 e. The molecular formula is C39H35NO4. The van der Waals surface area contributed by atoms with Crippen LogP contribution in [0, 0.1) is 0 Å². The molecule has 0 aliphatic carbocycles. The van der Waals surface area contributed by atoms with Gasteiger partial charge in [0, 0.05) is 46.4 Å². The second-order valence-electron chi connectivity index (χ2n) is 12.2. The molecule has 0 aromatic heterocycles. The lowest BCUT2D eigenvalue weighted by molar-refractivity contribution is 0.103. The summed E-state index contributed by atoms with van der Waals surface area (Å²) in [5.41, 5.74) is 6.39. The highest BCUT2D eigenvalue weighted by Crippen LogP contribution is 2.56. The standard InChI is InChI=1S/C39H35NO4/c1-38(2)34-11-7-6-10-32(34)35-30-8-4-5-9-31(30)36-33(37(35)43-38)20-21-39(44-36,27-14-18-29(41-3)19-15-27)26-12-16-28(17-13-26)40-22-24-42-25-23-40/h4-21H,22-25H2,1-3H3. The van der Waals surface area contributed by atoms with Gasteiger partial charge in [0.25, 0.3) is 0 Å². The van der Waals surface area contributed by atoms with Gasteiger partial charge in [-0.1, -0.05) is 72.8 Å². The van der Waals surface area contributed by atoms with Crippen molar-refractivity contribution in [3.8, 4) is 28.4 Å². The highest BCUT2D eigenvalue weighted by atomic mass is 16.5. The van der Waals surface area contributed by atoms with Gasteiger partial charge in [0.1, 0.15) is 22.8 Å². The number of ether oxygens (including phenoxy) is 4. The van der Waals surface area contributed by atoms with Crippen molar-refractivity contribution in [1.29, 1.82) is 0 Å². The molecule has 0 radical (unpaired) electrons. The molecule has 0 N–H and O–H groups in total. The van der Waals surface area contributed by atoms with Crippen molar-refractivity contribution in [3.63, 3.8) is 0 Å². The number of methoxy groups -OCH3 is 1. The van der Waals surface area contributed by atoms with E-state index in [2.05, 4.69) is 116 Å². The molecular weight excluding hydrogens is 546 g/mol. The summed E-state index contributed by atoms with van der Waals surface area (Å²) < 4.78 is 25.3. The van der Waals surface area contributed by atoms with Crippen LogP contribution in [0.1, 0.15) is 36.1 Å². The Bertz CT molecular complexity index is 1900. The first kappa shape index (κ1) is 26.9. The summed E-state index contributed by atoms with van der Waals surface area (Å²) >= 11 is 0. The number of anilines is 1. The maximum Gasteiger partial charge on any atom is 0.178 e. The maximum absolute atomic E-state index is 7.34. The molecule has 0 spiro atoms. The first-order chi connectivity index (χ1) is 21.5. The summed E-state index contributed by atoms with van der Waals surface area (Å²) in [6, 6.07) is 34.1. The third kappa shape index (κ3) is 4.10. The van der Waals surface area contributed by atoms with Gasteiger partial charge >= 0.3 is 0 Å². The zero-order chi connectivity index (χ0) is 29.9. The van der Waals surface area contributed by atoms with Crippen LogP contribution in [0.25, 0.3) is 28.0 Å². The fourth-order valence-electron chi connectivity index (χ4n) is 7.03. The highest BCUT2D eigenvalue weighted by molar-refractivity contribution is 6.07. The molecule has 5 nitrogen and oxygen atoms in total. The van der Waals surface area contributed by atoms with Crippen LogP contribution < -0.4 is 19.1 Å². The van der Waals surface area contributed by atoms with E-state index in [9.17, 15) is 0 Å². The third-order valence-electron chi connectivity index (χ3n) is 9.30. The van der Waals surface area contributed by atoms with Gasteiger partial charge in [0.15, 0.2) is 5.60 Å². The Kier molecular flexibility index (Phi) is 6.21. The van der Waals surface area contributed by atoms with Crippen LogP contribution in [0.4, 0.5) is 5.69 Å². The Morgan fingerprint density at radius 3 is 2.09 bits per heavy atom. The molecule has 8 rings (SSSR count). The zero-order valence-electron chi connectivity index (χ0n) is 25.3. The molecule has 5 aromatic rings. The van der Waals surface area contributed by atoms with Crippen molar-refractivity contribution in [2.75, 3.05) is 38.3 Å². The van der Waals surface area contributed by atoms with E-state index in [0.717, 1.165) is 76.6 Å². The fraction of sp³-hybridized carbons (Fsp3) is 0.231. The van der Waals surface area contributed by atoms with Crippen LogP contribution in [-0.4, -0.2) is 33.4 Å². The number of hydrogen-bond acceptors (Lipinski definition) is 5. The third-order valence-corrected chi connectivity index (χ3v) is 9.30. The molecule has 1 unspecified atom stereocenters. The molecule has 0 saturated carbocycles. The first-order valence-corrected chi connectivity index (χ1v) is 15.3. The van der Waals surface area contributed by atoms with E-state index in [1.165, 1.54) is 16.8 Å². The van der Waals surface area contributed by atoms with Gasteiger partial charge in [-0.05, 0) is 61.2 Å². The molecule has 3 aliphatic heterocycles. The average Bonchev–Trinajstić information content (AvgIpc) is 3.08. The minimum absolute atomic E-state index is 0.493. The molecule has 3 aliphatic rings. The van der Waals surface area contributed by atoms with Crippen molar-refractivity contribution in [3.05, 3.63) is 125 Å². The summed E-state index contributed by atoms with van der Waals surface area (Å²) in [6.07, 6.45) is 4.39. The van der Waals surface area contributed by atoms with Gasteiger partial charge in [-0.25, -0.2) is 0 Å². The van der Waals surface area contributed by atoms with E-state index in [0.29, 0.717) is 0 Å². The molecule has 220 valence electrons. The van der Waals surface area contributed by atoms with E-state index in [-0.39, 0.29) is 0 Å². The Hall–Kier alpha value is -4.74. The lowest BCUT2D eigenvalue weighted by Gasteiger charge is -2.41. The molecule has 0 bridgehead atoms. The van der Waals surface area contributed by atoms with E-state index >= 15 is 0 Å². The predicted molar refractivity (Wildman–Crippen MR) is 176 cm³/mol. The quantitative estimate of drug-likeness (QED) is 0.213. The number of hydrogen-bond donors (Lipinski definition) is 0. The van der Waals surface area contributed by atoms with Gasteiger partial charge in [0.2, 0.25) is 0 Å². The van der Waals surface area contributed by atoms with E-state index < -0.39 is 11.2 Å². The second kappa shape index (κ2) is 10.2. The van der Waals surface area contributed by atoms with E-state index in [4.69, 9.17) is 18.9 Å². The fourth-order valence-corrected chi connectivity index (χ4v) is 7.03. The Labute approximate surface area is 258 Å². The molecule has 1 atom stereocenters. The molecule has 44 heavy (non-hydrogen) atoms. The van der Waals surface area contributed by atoms with Crippen LogP contribution >= 0.6 is 0 Å². The summed E-state index contributed by atoms with van der Waals surface area (Å²) in [5.74, 6) is 2.50. The molecule has 0 amide bonds. The van der Waals surface area contributed by atoms with Crippen molar-refractivity contribution in [1.82, 2.24) is 0 Å². The molecule has 5 aromatic carbocycles. The predicted octanol–water partition coefficient (Wildman–Crippen LogP) is 8.33.